The third-order valence-corrected chi connectivity index (χ3v) is 3.83. The predicted molar refractivity (Wildman–Crippen MR) is 53.0 cm³/mol. The molecule has 1 rings (SSSR count). The normalized spacial score (nSPS) is 28.5. The fraction of sp³-hybridized carbons (Fsp3) is 1.00. The van der Waals surface area contributed by atoms with Crippen molar-refractivity contribution in [2.75, 3.05) is 6.54 Å². The Hall–Kier alpha value is -0.0800. The van der Waals surface area contributed by atoms with Crippen LogP contribution in [0.1, 0.15) is 34.6 Å². The van der Waals surface area contributed by atoms with Gasteiger partial charge in [-0.1, -0.05) is 27.7 Å². The van der Waals surface area contributed by atoms with Crippen LogP contribution in [-0.2, 0) is 0 Å². The highest BCUT2D eigenvalue weighted by molar-refractivity contribution is 5.18. The van der Waals surface area contributed by atoms with Crippen molar-refractivity contribution < 1.29 is 0 Å². The Kier molecular flexibility index (Phi) is 2.26. The van der Waals surface area contributed by atoms with E-state index in [-0.39, 0.29) is 0 Å². The van der Waals surface area contributed by atoms with Crippen LogP contribution < -0.4 is 11.1 Å². The quantitative estimate of drug-likeness (QED) is 0.671. The number of hydrogen-bond acceptors (Lipinski definition) is 2. The van der Waals surface area contributed by atoms with Gasteiger partial charge >= 0.3 is 0 Å². The third-order valence-electron chi connectivity index (χ3n) is 3.83. The minimum atomic E-state index is 0.427. The molecule has 1 aliphatic rings. The zero-order valence-electron chi connectivity index (χ0n) is 8.94. The Morgan fingerprint density at radius 3 is 1.92 bits per heavy atom. The number of rotatable bonds is 3. The first-order valence-corrected chi connectivity index (χ1v) is 4.80. The van der Waals surface area contributed by atoms with Crippen LogP contribution in [0.2, 0.25) is 0 Å². The van der Waals surface area contributed by atoms with Crippen molar-refractivity contribution in [2.24, 2.45) is 16.6 Å². The lowest BCUT2D eigenvalue weighted by molar-refractivity contribution is 0.457. The maximum absolute atomic E-state index is 5.56. The van der Waals surface area contributed by atoms with E-state index < -0.39 is 0 Å². The van der Waals surface area contributed by atoms with E-state index in [4.69, 9.17) is 5.73 Å². The second-order valence-corrected chi connectivity index (χ2v) is 5.18. The van der Waals surface area contributed by atoms with E-state index in [2.05, 4.69) is 39.9 Å². The van der Waals surface area contributed by atoms with Crippen LogP contribution >= 0.6 is 0 Å². The Balaban J connectivity index is 2.48. The molecule has 3 N–H and O–H groups in total. The van der Waals surface area contributed by atoms with Crippen LogP contribution in [0.4, 0.5) is 0 Å². The maximum Gasteiger partial charge on any atom is 0.0184 e. The molecule has 1 atom stereocenters. The van der Waals surface area contributed by atoms with Crippen LogP contribution in [0, 0.1) is 10.8 Å². The van der Waals surface area contributed by atoms with Gasteiger partial charge < -0.3 is 11.1 Å². The van der Waals surface area contributed by atoms with Gasteiger partial charge in [-0.2, -0.15) is 0 Å². The van der Waals surface area contributed by atoms with Gasteiger partial charge in [0, 0.05) is 18.6 Å². The summed E-state index contributed by atoms with van der Waals surface area (Å²) in [5, 5.41) is 3.56. The summed E-state index contributed by atoms with van der Waals surface area (Å²) in [6.07, 6.45) is 0. The third kappa shape index (κ3) is 1.27. The first-order chi connectivity index (χ1) is 5.34. The Bertz CT molecular complexity index is 159. The number of nitrogens with two attached hydrogens (primary N) is 1. The fourth-order valence-electron chi connectivity index (χ4n) is 1.97. The first-order valence-electron chi connectivity index (χ1n) is 4.80. The second-order valence-electron chi connectivity index (χ2n) is 5.18. The van der Waals surface area contributed by atoms with Gasteiger partial charge in [0.05, 0.1) is 0 Å². The van der Waals surface area contributed by atoms with Crippen molar-refractivity contribution >= 4 is 0 Å². The lowest BCUT2D eigenvalue weighted by Gasteiger charge is -2.12. The molecule has 0 aliphatic heterocycles. The molecule has 0 radical (unpaired) electrons. The van der Waals surface area contributed by atoms with Crippen LogP contribution in [0.5, 0.6) is 0 Å². The van der Waals surface area contributed by atoms with Gasteiger partial charge in [-0.05, 0) is 17.8 Å². The lowest BCUT2D eigenvalue weighted by Crippen LogP contribution is -2.37. The van der Waals surface area contributed by atoms with Crippen molar-refractivity contribution in [2.45, 2.75) is 46.7 Å². The zero-order chi connectivity index (χ0) is 9.57. The first kappa shape index (κ1) is 10.0. The molecule has 0 aromatic rings. The summed E-state index contributed by atoms with van der Waals surface area (Å²) in [5.74, 6) is 0. The monoisotopic (exact) mass is 170 g/mol. The van der Waals surface area contributed by atoms with Crippen LogP contribution in [0.3, 0.4) is 0 Å². The largest absolute Gasteiger partial charge is 0.329 e. The molecular formula is C10H22N2. The van der Waals surface area contributed by atoms with Crippen molar-refractivity contribution in [3.8, 4) is 0 Å². The molecule has 12 heavy (non-hydrogen) atoms. The van der Waals surface area contributed by atoms with E-state index in [0.29, 0.717) is 22.9 Å². The maximum atomic E-state index is 5.56. The highest BCUT2D eigenvalue weighted by atomic mass is 15.1. The molecule has 2 heteroatoms. The minimum absolute atomic E-state index is 0.427. The average Bonchev–Trinajstić information content (AvgIpc) is 2.32. The minimum Gasteiger partial charge on any atom is -0.329 e. The zero-order valence-corrected chi connectivity index (χ0v) is 8.94. The van der Waals surface area contributed by atoms with Gasteiger partial charge in [0.1, 0.15) is 0 Å². The summed E-state index contributed by atoms with van der Waals surface area (Å²) in [6.45, 7) is 12.1. The van der Waals surface area contributed by atoms with Crippen molar-refractivity contribution in [3.63, 3.8) is 0 Å². The SMILES string of the molecule is CC(CN)NC1C(C)(C)C1(C)C. The van der Waals surface area contributed by atoms with Crippen LogP contribution in [-0.4, -0.2) is 18.6 Å². The molecule has 1 aliphatic carbocycles. The fourth-order valence-corrected chi connectivity index (χ4v) is 1.97. The molecule has 72 valence electrons. The molecule has 2 nitrogen and oxygen atoms in total. The summed E-state index contributed by atoms with van der Waals surface area (Å²) in [6, 6.07) is 1.07. The molecule has 1 fully saturated rings. The van der Waals surface area contributed by atoms with Gasteiger partial charge in [-0.3, -0.25) is 0 Å². The van der Waals surface area contributed by atoms with Crippen molar-refractivity contribution in [3.05, 3.63) is 0 Å². The van der Waals surface area contributed by atoms with Gasteiger partial charge in [-0.15, -0.1) is 0 Å². The summed E-state index contributed by atoms with van der Waals surface area (Å²) in [4.78, 5) is 0. The summed E-state index contributed by atoms with van der Waals surface area (Å²) < 4.78 is 0. The standard InChI is InChI=1S/C10H22N2/c1-7(6-11)12-8-9(2,3)10(8,4)5/h7-8,12H,6,11H2,1-5H3. The van der Waals surface area contributed by atoms with Crippen LogP contribution in [0.15, 0.2) is 0 Å². The molecule has 0 amide bonds. The Labute approximate surface area is 75.9 Å². The van der Waals surface area contributed by atoms with Crippen molar-refractivity contribution in [1.29, 1.82) is 0 Å². The van der Waals surface area contributed by atoms with Gasteiger partial charge in [-0.25, -0.2) is 0 Å². The molecule has 0 aromatic heterocycles. The average molecular weight is 170 g/mol. The van der Waals surface area contributed by atoms with E-state index in [1.165, 1.54) is 0 Å². The summed E-state index contributed by atoms with van der Waals surface area (Å²) >= 11 is 0. The number of hydrogen-bond donors (Lipinski definition) is 2. The van der Waals surface area contributed by atoms with Crippen LogP contribution in [0.25, 0.3) is 0 Å². The molecule has 1 saturated carbocycles. The van der Waals surface area contributed by atoms with E-state index >= 15 is 0 Å². The van der Waals surface area contributed by atoms with Gasteiger partial charge in [0.2, 0.25) is 0 Å². The Morgan fingerprint density at radius 2 is 1.67 bits per heavy atom. The molecule has 0 heterocycles. The van der Waals surface area contributed by atoms with E-state index in [1.807, 2.05) is 0 Å². The van der Waals surface area contributed by atoms with E-state index in [0.717, 1.165) is 6.54 Å². The molecule has 0 aromatic carbocycles. The van der Waals surface area contributed by atoms with Gasteiger partial charge in [0.15, 0.2) is 0 Å². The smallest absolute Gasteiger partial charge is 0.0184 e. The highest BCUT2D eigenvalue weighted by Crippen LogP contribution is 2.62. The van der Waals surface area contributed by atoms with Gasteiger partial charge in [0.25, 0.3) is 0 Å². The second kappa shape index (κ2) is 2.71. The predicted octanol–water partition coefficient (Wildman–Crippen LogP) is 1.36. The topological polar surface area (TPSA) is 38.0 Å². The highest BCUT2D eigenvalue weighted by Gasteiger charge is 2.64. The van der Waals surface area contributed by atoms with Crippen molar-refractivity contribution in [1.82, 2.24) is 5.32 Å². The van der Waals surface area contributed by atoms with E-state index in [1.54, 1.807) is 0 Å². The van der Waals surface area contributed by atoms with E-state index in [9.17, 15) is 0 Å². The number of nitrogens with one attached hydrogen (secondary N) is 1. The molecule has 0 saturated heterocycles. The molecule has 0 spiro atoms. The Morgan fingerprint density at radius 1 is 1.25 bits per heavy atom. The lowest BCUT2D eigenvalue weighted by atomic mass is 10.0. The summed E-state index contributed by atoms with van der Waals surface area (Å²) in [7, 11) is 0. The molecule has 1 unspecified atom stereocenters. The molecular weight excluding hydrogens is 148 g/mol. The summed E-state index contributed by atoms with van der Waals surface area (Å²) in [5.41, 5.74) is 6.42. The molecule has 0 bridgehead atoms.